The van der Waals surface area contributed by atoms with E-state index >= 15 is 0 Å². The molecule has 98 heavy (non-hydrogen) atoms. The Morgan fingerprint density at radius 3 is 0.918 bits per heavy atom. The quantitative estimate of drug-likeness (QED) is 0.0169. The van der Waals surface area contributed by atoms with Crippen molar-refractivity contribution in [3.63, 3.8) is 0 Å². The van der Waals surface area contributed by atoms with Crippen LogP contribution in [-0.2, 0) is 65.4 Å². The third-order valence-electron chi connectivity index (χ3n) is 15.4. The van der Waals surface area contributed by atoms with Crippen molar-refractivity contribution in [3.05, 3.63) is 122 Å². The standard InChI is InChI=1S/C79H134O17P2/c1-5-9-13-17-21-25-29-32-34-35-36-37-39-41-45-48-52-56-60-64-77(82)90-70-75(96-79(84)66-62-58-54-50-46-42-38-33-30-26-22-18-14-10-6-2)72-94-98(87,88)92-68-73(80)67-91-97(85,86)93-71-74(95-78(83)65-61-57-53-49-43-28-24-20-16-12-8-4)69-89-76(81)63-59-55-51-47-44-40-31-27-23-19-15-11-7-3/h10,14-15,19-22,24-27,31-34,36-38,46,50,73-75,80H,5-9,11-13,16-18,23,28-30,35,39-45,47-49,51-72H2,1-4H3,(H,85,86)(H,87,88)/b14-10-,19-15-,24-20-,25-21-,26-22-,31-27-,34-32-,37-36-,38-33-,50-46-. The van der Waals surface area contributed by atoms with Gasteiger partial charge in [0.25, 0.3) is 0 Å². The summed E-state index contributed by atoms with van der Waals surface area (Å²) in [5.74, 6) is -2.26. The fourth-order valence-corrected chi connectivity index (χ4v) is 11.2. The molecule has 0 aliphatic carbocycles. The van der Waals surface area contributed by atoms with E-state index in [1.165, 1.54) is 32.1 Å². The predicted octanol–water partition coefficient (Wildman–Crippen LogP) is 21.6. The number of aliphatic hydroxyl groups is 1. The van der Waals surface area contributed by atoms with Gasteiger partial charge in [0.05, 0.1) is 26.4 Å². The first-order valence-corrected chi connectivity index (χ1v) is 40.8. The molecule has 562 valence electrons. The third kappa shape index (κ3) is 69.9. The molecule has 0 aromatic rings. The second kappa shape index (κ2) is 70.9. The second-order valence-electron chi connectivity index (χ2n) is 24.8. The number of carbonyl (C=O) groups excluding carboxylic acids is 4. The summed E-state index contributed by atoms with van der Waals surface area (Å²) in [5.41, 5.74) is 0. The summed E-state index contributed by atoms with van der Waals surface area (Å²) in [7, 11) is -9.97. The average molecular weight is 1420 g/mol. The van der Waals surface area contributed by atoms with Crippen molar-refractivity contribution in [2.75, 3.05) is 39.6 Å². The molecule has 0 aliphatic rings. The minimum Gasteiger partial charge on any atom is -0.462 e. The SMILES string of the molecule is CC/C=C\C/C=C\C/C=C\C/C=C\CCCCC(=O)OC(COC(=O)CCCCCCCC/C=C\C/C=C\C/C=C\CCCCC)COP(=O)(O)OCC(O)COP(=O)(O)OCC(COC(=O)CCCCCCC/C=C\C/C=C\CCC)OC(=O)CCCCCCC/C=C\CCCC. The van der Waals surface area contributed by atoms with Crippen molar-refractivity contribution in [2.45, 2.75) is 316 Å². The molecule has 0 fully saturated rings. The van der Waals surface area contributed by atoms with Crippen LogP contribution in [0, 0.1) is 0 Å². The Morgan fingerprint density at radius 1 is 0.296 bits per heavy atom. The molecule has 0 rings (SSSR count). The molecule has 3 N–H and O–H groups in total. The Kier molecular flexibility index (Phi) is 67.6. The molecule has 0 saturated heterocycles. The van der Waals surface area contributed by atoms with Crippen molar-refractivity contribution < 1.29 is 80.2 Å². The molecule has 17 nitrogen and oxygen atoms in total. The first-order valence-electron chi connectivity index (χ1n) is 37.8. The molecule has 0 saturated carbocycles. The van der Waals surface area contributed by atoms with E-state index in [0.717, 1.165) is 180 Å². The highest BCUT2D eigenvalue weighted by molar-refractivity contribution is 7.47. The van der Waals surface area contributed by atoms with Crippen LogP contribution in [0.2, 0.25) is 0 Å². The van der Waals surface area contributed by atoms with Gasteiger partial charge >= 0.3 is 39.5 Å². The van der Waals surface area contributed by atoms with Gasteiger partial charge in [-0.3, -0.25) is 37.3 Å². The molecule has 0 bridgehead atoms. The zero-order chi connectivity index (χ0) is 71.8. The number of phosphoric ester groups is 2. The zero-order valence-electron chi connectivity index (χ0n) is 61.2. The van der Waals surface area contributed by atoms with Gasteiger partial charge in [-0.1, -0.05) is 246 Å². The molecule has 0 radical (unpaired) electrons. The summed E-state index contributed by atoms with van der Waals surface area (Å²) in [6.45, 7) is 4.53. The van der Waals surface area contributed by atoms with Gasteiger partial charge in [-0.2, -0.15) is 0 Å². The van der Waals surface area contributed by atoms with Crippen molar-refractivity contribution in [1.82, 2.24) is 0 Å². The Bertz CT molecular complexity index is 2340. The van der Waals surface area contributed by atoms with Gasteiger partial charge in [-0.15, -0.1) is 0 Å². The molecule has 0 aromatic heterocycles. The topological polar surface area (TPSA) is 237 Å². The van der Waals surface area contributed by atoms with Gasteiger partial charge in [-0.05, 0) is 148 Å². The minimum absolute atomic E-state index is 0.0370. The number of esters is 4. The summed E-state index contributed by atoms with van der Waals surface area (Å²) in [4.78, 5) is 72.7. The van der Waals surface area contributed by atoms with Gasteiger partial charge in [0.1, 0.15) is 19.3 Å². The van der Waals surface area contributed by atoms with Crippen LogP contribution >= 0.6 is 15.6 Å². The lowest BCUT2D eigenvalue weighted by atomic mass is 10.1. The Morgan fingerprint density at radius 2 is 0.561 bits per heavy atom. The Balaban J connectivity index is 5.38. The van der Waals surface area contributed by atoms with Gasteiger partial charge < -0.3 is 33.8 Å². The van der Waals surface area contributed by atoms with Crippen LogP contribution in [0.3, 0.4) is 0 Å². The first kappa shape index (κ1) is 93.5. The molecule has 5 unspecified atom stereocenters. The summed E-state index contributed by atoms with van der Waals surface area (Å²) in [5, 5.41) is 10.6. The van der Waals surface area contributed by atoms with Crippen LogP contribution in [0.5, 0.6) is 0 Å². The van der Waals surface area contributed by atoms with Crippen LogP contribution < -0.4 is 0 Å². The fraction of sp³-hybridized carbons (Fsp3) is 0.696. The van der Waals surface area contributed by atoms with Crippen molar-refractivity contribution in [3.8, 4) is 0 Å². The Hall–Kier alpha value is -4.54. The molecular weight excluding hydrogens is 1280 g/mol. The smallest absolute Gasteiger partial charge is 0.462 e. The van der Waals surface area contributed by atoms with E-state index in [-0.39, 0.29) is 25.7 Å². The summed E-state index contributed by atoms with van der Waals surface area (Å²) < 4.78 is 68.3. The van der Waals surface area contributed by atoms with E-state index in [1.54, 1.807) is 0 Å². The highest BCUT2D eigenvalue weighted by atomic mass is 31.2. The zero-order valence-corrected chi connectivity index (χ0v) is 63.0. The van der Waals surface area contributed by atoms with Crippen LogP contribution in [-0.4, -0.2) is 96.7 Å². The van der Waals surface area contributed by atoms with Gasteiger partial charge in [-0.25, -0.2) is 9.13 Å². The lowest BCUT2D eigenvalue weighted by molar-refractivity contribution is -0.161. The fourth-order valence-electron chi connectivity index (χ4n) is 9.59. The third-order valence-corrected chi connectivity index (χ3v) is 17.3. The van der Waals surface area contributed by atoms with Crippen molar-refractivity contribution in [1.29, 1.82) is 0 Å². The van der Waals surface area contributed by atoms with Crippen LogP contribution in [0.15, 0.2) is 122 Å². The average Bonchev–Trinajstić information content (AvgIpc) is 1.06. The number of hydrogen-bond donors (Lipinski definition) is 3. The summed E-state index contributed by atoms with van der Waals surface area (Å²) in [6, 6.07) is 0. The van der Waals surface area contributed by atoms with Crippen LogP contribution in [0.1, 0.15) is 297 Å². The van der Waals surface area contributed by atoms with E-state index in [2.05, 4.69) is 149 Å². The normalized spacial score (nSPS) is 14.6. The monoisotopic (exact) mass is 1420 g/mol. The van der Waals surface area contributed by atoms with Crippen molar-refractivity contribution >= 4 is 39.5 Å². The van der Waals surface area contributed by atoms with Crippen LogP contribution in [0.25, 0.3) is 0 Å². The highest BCUT2D eigenvalue weighted by Gasteiger charge is 2.30. The molecule has 0 aliphatic heterocycles. The van der Waals surface area contributed by atoms with Gasteiger partial charge in [0.2, 0.25) is 0 Å². The first-order chi connectivity index (χ1) is 47.7. The largest absolute Gasteiger partial charge is 0.472 e. The summed E-state index contributed by atoms with van der Waals surface area (Å²) in [6.07, 6.45) is 76.3. The van der Waals surface area contributed by atoms with Crippen LogP contribution in [0.4, 0.5) is 0 Å². The van der Waals surface area contributed by atoms with E-state index in [1.807, 2.05) is 0 Å². The summed E-state index contributed by atoms with van der Waals surface area (Å²) >= 11 is 0. The maximum absolute atomic E-state index is 13.1. The number of rotatable bonds is 70. The number of aliphatic hydroxyl groups excluding tert-OH is 1. The van der Waals surface area contributed by atoms with E-state index in [4.69, 9.17) is 37.0 Å². The molecule has 0 aromatic carbocycles. The lowest BCUT2D eigenvalue weighted by Crippen LogP contribution is -2.30. The maximum Gasteiger partial charge on any atom is 0.472 e. The van der Waals surface area contributed by atoms with E-state index < -0.39 is 97.5 Å². The highest BCUT2D eigenvalue weighted by Crippen LogP contribution is 2.45. The predicted molar refractivity (Wildman–Crippen MR) is 399 cm³/mol. The van der Waals surface area contributed by atoms with E-state index in [9.17, 15) is 43.2 Å². The number of allylic oxidation sites excluding steroid dienone is 20. The molecule has 0 spiro atoms. The number of hydrogen-bond acceptors (Lipinski definition) is 15. The number of unbranched alkanes of at least 4 members (excludes halogenated alkanes) is 24. The molecule has 19 heteroatoms. The van der Waals surface area contributed by atoms with Gasteiger partial charge in [0, 0.05) is 25.7 Å². The second-order valence-corrected chi connectivity index (χ2v) is 27.8. The van der Waals surface area contributed by atoms with Crippen molar-refractivity contribution in [2.24, 2.45) is 0 Å². The minimum atomic E-state index is -4.99. The maximum atomic E-state index is 13.1. The Labute approximate surface area is 593 Å². The number of carbonyl (C=O) groups is 4. The molecule has 0 amide bonds. The molecule has 0 heterocycles. The lowest BCUT2D eigenvalue weighted by Gasteiger charge is -2.21. The molecular formula is C79H134O17P2. The van der Waals surface area contributed by atoms with Gasteiger partial charge in [0.15, 0.2) is 12.2 Å². The number of phosphoric acid groups is 2. The van der Waals surface area contributed by atoms with E-state index in [0.29, 0.717) is 32.1 Å². The number of ether oxygens (including phenoxy) is 4. The molecule has 5 atom stereocenters.